The molecule has 4 rings (SSSR count). The van der Waals surface area contributed by atoms with Gasteiger partial charge in [-0.2, -0.15) is 0 Å². The number of aromatic nitrogens is 4. The summed E-state index contributed by atoms with van der Waals surface area (Å²) in [5.74, 6) is 1.85. The monoisotopic (exact) mass is 369 g/mol. The number of anilines is 2. The van der Waals surface area contributed by atoms with Crippen LogP contribution in [0, 0.1) is 0 Å². The first-order valence-electron chi connectivity index (χ1n) is 8.98. The number of benzene rings is 1. The predicted octanol–water partition coefficient (Wildman–Crippen LogP) is 4.02. The molecule has 3 heterocycles. The SMILES string of the molecule is Oc1ccc(CCN(c2ccncn2)c2cccc(-c3cccnc3)n2)cc1. The van der Waals surface area contributed by atoms with Crippen molar-refractivity contribution < 1.29 is 5.11 Å². The highest BCUT2D eigenvalue weighted by Gasteiger charge is 2.13. The van der Waals surface area contributed by atoms with Crippen molar-refractivity contribution in [2.24, 2.45) is 0 Å². The van der Waals surface area contributed by atoms with E-state index in [0.717, 1.165) is 34.9 Å². The Balaban J connectivity index is 1.65. The molecule has 0 spiro atoms. The van der Waals surface area contributed by atoms with Gasteiger partial charge in [0, 0.05) is 30.7 Å². The van der Waals surface area contributed by atoms with Crippen molar-refractivity contribution in [3.8, 4) is 17.0 Å². The molecule has 0 saturated heterocycles. The van der Waals surface area contributed by atoms with Gasteiger partial charge in [-0.05, 0) is 54.4 Å². The molecule has 4 aromatic rings. The fourth-order valence-electron chi connectivity index (χ4n) is 2.94. The van der Waals surface area contributed by atoms with Crippen LogP contribution in [0.5, 0.6) is 5.75 Å². The normalized spacial score (nSPS) is 10.6. The van der Waals surface area contributed by atoms with Gasteiger partial charge in [-0.1, -0.05) is 18.2 Å². The summed E-state index contributed by atoms with van der Waals surface area (Å²) in [5, 5.41) is 9.49. The molecule has 0 radical (unpaired) electrons. The van der Waals surface area contributed by atoms with Crippen molar-refractivity contribution in [2.75, 3.05) is 11.4 Å². The third-order valence-corrected chi connectivity index (χ3v) is 4.37. The van der Waals surface area contributed by atoms with Crippen LogP contribution in [0.2, 0.25) is 0 Å². The molecule has 1 N–H and O–H groups in total. The molecule has 28 heavy (non-hydrogen) atoms. The Hall–Kier alpha value is -3.80. The Morgan fingerprint density at radius 3 is 2.46 bits per heavy atom. The lowest BCUT2D eigenvalue weighted by atomic mass is 10.1. The first-order chi connectivity index (χ1) is 13.8. The molecule has 0 aliphatic carbocycles. The molecule has 1 aromatic carbocycles. The number of phenols is 1. The summed E-state index contributed by atoms with van der Waals surface area (Å²) in [6.45, 7) is 0.686. The molecule has 0 aliphatic heterocycles. The van der Waals surface area contributed by atoms with E-state index >= 15 is 0 Å². The second-order valence-electron chi connectivity index (χ2n) is 6.26. The van der Waals surface area contributed by atoms with Gasteiger partial charge in [0.05, 0.1) is 5.69 Å². The molecule has 6 nitrogen and oxygen atoms in total. The predicted molar refractivity (Wildman–Crippen MR) is 108 cm³/mol. The van der Waals surface area contributed by atoms with Crippen molar-refractivity contribution in [1.82, 2.24) is 19.9 Å². The molecule has 0 fully saturated rings. The van der Waals surface area contributed by atoms with Crippen LogP contribution in [0.4, 0.5) is 11.6 Å². The maximum atomic E-state index is 9.49. The summed E-state index contributed by atoms with van der Waals surface area (Å²) < 4.78 is 0. The minimum atomic E-state index is 0.266. The Kier molecular flexibility index (Phi) is 5.20. The lowest BCUT2D eigenvalue weighted by Gasteiger charge is -2.23. The summed E-state index contributed by atoms with van der Waals surface area (Å²) in [6, 6.07) is 18.9. The summed E-state index contributed by atoms with van der Waals surface area (Å²) in [7, 11) is 0. The maximum Gasteiger partial charge on any atom is 0.137 e. The molecular weight excluding hydrogens is 350 g/mol. The highest BCUT2D eigenvalue weighted by atomic mass is 16.3. The van der Waals surface area contributed by atoms with Crippen molar-refractivity contribution in [3.63, 3.8) is 0 Å². The topological polar surface area (TPSA) is 75.0 Å². The highest BCUT2D eigenvalue weighted by Crippen LogP contribution is 2.25. The van der Waals surface area contributed by atoms with Gasteiger partial charge >= 0.3 is 0 Å². The standard InChI is InChI=1S/C22H19N5O/c28-19-8-6-17(7-9-19)11-14-27(21-10-13-24-16-25-21)22-5-1-4-20(26-22)18-3-2-12-23-15-18/h1-10,12-13,15-16,28H,11,14H2. The van der Waals surface area contributed by atoms with E-state index in [4.69, 9.17) is 4.98 Å². The first kappa shape index (κ1) is 17.6. The fourth-order valence-corrected chi connectivity index (χ4v) is 2.94. The smallest absolute Gasteiger partial charge is 0.137 e. The van der Waals surface area contributed by atoms with Gasteiger partial charge in [0.15, 0.2) is 0 Å². The zero-order chi connectivity index (χ0) is 19.2. The summed E-state index contributed by atoms with van der Waals surface area (Å²) in [4.78, 5) is 19.5. The van der Waals surface area contributed by atoms with Gasteiger partial charge < -0.3 is 10.0 Å². The lowest BCUT2D eigenvalue weighted by Crippen LogP contribution is -2.22. The number of rotatable bonds is 6. The average molecular weight is 369 g/mol. The quantitative estimate of drug-likeness (QED) is 0.553. The van der Waals surface area contributed by atoms with E-state index < -0.39 is 0 Å². The number of hydrogen-bond donors (Lipinski definition) is 1. The largest absolute Gasteiger partial charge is 0.508 e. The van der Waals surface area contributed by atoms with E-state index in [-0.39, 0.29) is 5.75 Å². The van der Waals surface area contributed by atoms with Crippen LogP contribution in [0.15, 0.2) is 85.6 Å². The summed E-state index contributed by atoms with van der Waals surface area (Å²) in [6.07, 6.45) is 7.59. The van der Waals surface area contributed by atoms with Crippen LogP contribution in [-0.4, -0.2) is 31.6 Å². The molecule has 0 amide bonds. The zero-order valence-corrected chi connectivity index (χ0v) is 15.2. The number of nitrogens with zero attached hydrogens (tertiary/aromatic N) is 5. The Morgan fingerprint density at radius 1 is 0.821 bits per heavy atom. The third-order valence-electron chi connectivity index (χ3n) is 4.37. The van der Waals surface area contributed by atoms with E-state index in [2.05, 4.69) is 19.9 Å². The maximum absolute atomic E-state index is 9.49. The van der Waals surface area contributed by atoms with Crippen molar-refractivity contribution in [2.45, 2.75) is 6.42 Å². The molecular formula is C22H19N5O. The second kappa shape index (κ2) is 8.26. The number of phenolic OH excluding ortho intramolecular Hbond substituents is 1. The fraction of sp³-hybridized carbons (Fsp3) is 0.0909. The van der Waals surface area contributed by atoms with E-state index in [1.165, 1.54) is 6.33 Å². The highest BCUT2D eigenvalue weighted by molar-refractivity contribution is 5.63. The molecule has 138 valence electrons. The molecule has 0 aliphatic rings. The van der Waals surface area contributed by atoms with Crippen LogP contribution in [0.1, 0.15) is 5.56 Å². The van der Waals surface area contributed by atoms with Crippen LogP contribution in [0.25, 0.3) is 11.3 Å². The van der Waals surface area contributed by atoms with Crippen molar-refractivity contribution >= 4 is 11.6 Å². The van der Waals surface area contributed by atoms with E-state index in [1.807, 2.05) is 48.5 Å². The number of hydrogen-bond acceptors (Lipinski definition) is 6. The lowest BCUT2D eigenvalue weighted by molar-refractivity contribution is 0.475. The molecule has 0 atom stereocenters. The van der Waals surface area contributed by atoms with Crippen LogP contribution in [-0.2, 0) is 6.42 Å². The van der Waals surface area contributed by atoms with Gasteiger partial charge in [-0.15, -0.1) is 0 Å². The summed E-state index contributed by atoms with van der Waals surface area (Å²) >= 11 is 0. The van der Waals surface area contributed by atoms with Gasteiger partial charge in [0.2, 0.25) is 0 Å². The Bertz CT molecular complexity index is 1020. The Morgan fingerprint density at radius 2 is 1.71 bits per heavy atom. The minimum Gasteiger partial charge on any atom is -0.508 e. The van der Waals surface area contributed by atoms with Crippen LogP contribution >= 0.6 is 0 Å². The van der Waals surface area contributed by atoms with Gasteiger partial charge in [-0.3, -0.25) is 4.98 Å². The molecule has 0 saturated carbocycles. The second-order valence-corrected chi connectivity index (χ2v) is 6.26. The first-order valence-corrected chi connectivity index (χ1v) is 8.98. The van der Waals surface area contributed by atoms with Gasteiger partial charge in [0.25, 0.3) is 0 Å². The van der Waals surface area contributed by atoms with E-state index in [0.29, 0.717) is 6.54 Å². The van der Waals surface area contributed by atoms with Gasteiger partial charge in [0.1, 0.15) is 23.7 Å². The van der Waals surface area contributed by atoms with Crippen LogP contribution in [0.3, 0.4) is 0 Å². The number of pyridine rings is 2. The Labute approximate surface area is 163 Å². The third kappa shape index (κ3) is 4.12. The van der Waals surface area contributed by atoms with Crippen LogP contribution < -0.4 is 4.90 Å². The minimum absolute atomic E-state index is 0.266. The molecule has 0 unspecified atom stereocenters. The van der Waals surface area contributed by atoms with Gasteiger partial charge in [-0.25, -0.2) is 15.0 Å². The van der Waals surface area contributed by atoms with Crippen molar-refractivity contribution in [3.05, 3.63) is 91.1 Å². The molecule has 0 bridgehead atoms. The summed E-state index contributed by atoms with van der Waals surface area (Å²) in [5.41, 5.74) is 2.94. The average Bonchev–Trinajstić information content (AvgIpc) is 2.77. The van der Waals surface area contributed by atoms with Crippen molar-refractivity contribution in [1.29, 1.82) is 0 Å². The van der Waals surface area contributed by atoms with E-state index in [1.54, 1.807) is 30.7 Å². The number of aromatic hydroxyl groups is 1. The molecule has 3 aromatic heterocycles. The molecule has 6 heteroatoms. The zero-order valence-electron chi connectivity index (χ0n) is 15.2. The van der Waals surface area contributed by atoms with E-state index in [9.17, 15) is 5.11 Å².